The quantitative estimate of drug-likeness (QED) is 0.756. The van der Waals surface area contributed by atoms with E-state index in [4.69, 9.17) is 9.47 Å². The number of rotatable bonds is 6. The first-order valence-electron chi connectivity index (χ1n) is 9.61. The lowest BCUT2D eigenvalue weighted by Crippen LogP contribution is -2.42. The number of benzene rings is 1. The number of carbonyl (C=O) groups excluding carboxylic acids is 1. The molecule has 1 atom stereocenters. The van der Waals surface area contributed by atoms with Crippen LogP contribution < -0.4 is 15.2 Å². The molecule has 8 heteroatoms. The minimum atomic E-state index is -0.118. The number of likely N-dealkylation sites (tertiary alicyclic amines) is 1. The molecule has 8 nitrogen and oxygen atoms in total. The molecule has 1 aliphatic heterocycles. The molecule has 28 heavy (non-hydrogen) atoms. The van der Waals surface area contributed by atoms with E-state index in [1.807, 2.05) is 26.0 Å². The van der Waals surface area contributed by atoms with Crippen molar-refractivity contribution < 1.29 is 14.3 Å². The summed E-state index contributed by atoms with van der Waals surface area (Å²) in [5, 5.41) is 4.45. The summed E-state index contributed by atoms with van der Waals surface area (Å²) in [6, 6.07) is 7.29. The average molecular weight is 388 g/mol. The van der Waals surface area contributed by atoms with E-state index in [0.29, 0.717) is 24.6 Å². The number of ether oxygens (including phenoxy) is 2. The second kappa shape index (κ2) is 8.50. The zero-order valence-corrected chi connectivity index (χ0v) is 16.9. The number of hydrogen-bond donors (Lipinski definition) is 0. The Bertz CT molecular complexity index is 887. The Labute approximate surface area is 164 Å². The summed E-state index contributed by atoms with van der Waals surface area (Å²) in [5.74, 6) is 1.86. The molecule has 2 aromatic rings. The molecule has 1 fully saturated rings. The van der Waals surface area contributed by atoms with Crippen molar-refractivity contribution in [3.63, 3.8) is 0 Å². The number of amides is 1. The zero-order chi connectivity index (χ0) is 20.3. The first kappa shape index (κ1) is 20.0. The van der Waals surface area contributed by atoms with Crippen molar-refractivity contribution in [2.45, 2.75) is 38.6 Å². The zero-order valence-electron chi connectivity index (χ0n) is 16.9. The fraction of sp³-hybridized carbons (Fsp3) is 0.550. The van der Waals surface area contributed by atoms with E-state index in [1.165, 1.54) is 4.68 Å². The lowest BCUT2D eigenvalue weighted by Gasteiger charge is -2.32. The number of methoxy groups -OCH3 is 1. The molecule has 0 saturated carbocycles. The van der Waals surface area contributed by atoms with Gasteiger partial charge >= 0.3 is 5.69 Å². The van der Waals surface area contributed by atoms with Crippen LogP contribution in [0.15, 0.2) is 29.1 Å². The standard InChI is InChI=1S/C20H28N4O4/c1-14(2)24-19(21-22(3)20(24)26)15-8-7-11-23(12-15)18(25)13-28-17-10-6-5-9-16(17)27-4/h5-6,9-10,14-15H,7-8,11-13H2,1-4H3. The average Bonchev–Trinajstić information content (AvgIpc) is 3.01. The fourth-order valence-electron chi connectivity index (χ4n) is 3.65. The van der Waals surface area contributed by atoms with Gasteiger partial charge in [-0.15, -0.1) is 0 Å². The molecule has 1 aliphatic rings. The smallest absolute Gasteiger partial charge is 0.345 e. The Morgan fingerprint density at radius 2 is 2.00 bits per heavy atom. The summed E-state index contributed by atoms with van der Waals surface area (Å²) in [6.07, 6.45) is 1.77. The van der Waals surface area contributed by atoms with Crippen molar-refractivity contribution in [1.29, 1.82) is 0 Å². The molecule has 2 heterocycles. The van der Waals surface area contributed by atoms with Gasteiger partial charge in [-0.1, -0.05) is 12.1 Å². The highest BCUT2D eigenvalue weighted by atomic mass is 16.5. The summed E-state index contributed by atoms with van der Waals surface area (Å²) in [6.45, 7) is 5.12. The third-order valence-electron chi connectivity index (χ3n) is 5.06. The van der Waals surface area contributed by atoms with Crippen LogP contribution >= 0.6 is 0 Å². The van der Waals surface area contributed by atoms with E-state index in [0.717, 1.165) is 18.7 Å². The second-order valence-corrected chi connectivity index (χ2v) is 7.35. The Balaban J connectivity index is 1.69. The van der Waals surface area contributed by atoms with Gasteiger partial charge in [0.05, 0.1) is 7.11 Å². The Morgan fingerprint density at radius 1 is 1.29 bits per heavy atom. The summed E-state index contributed by atoms with van der Waals surface area (Å²) in [7, 11) is 3.23. The van der Waals surface area contributed by atoms with Crippen LogP contribution in [0.25, 0.3) is 0 Å². The number of aryl methyl sites for hydroxylation is 1. The molecule has 152 valence electrons. The van der Waals surface area contributed by atoms with Crippen LogP contribution in [0.4, 0.5) is 0 Å². The summed E-state index contributed by atoms with van der Waals surface area (Å²) >= 11 is 0. The second-order valence-electron chi connectivity index (χ2n) is 7.35. The Hall–Kier alpha value is -2.77. The number of piperidine rings is 1. The van der Waals surface area contributed by atoms with Gasteiger partial charge in [0.15, 0.2) is 18.1 Å². The lowest BCUT2D eigenvalue weighted by atomic mass is 9.97. The van der Waals surface area contributed by atoms with Gasteiger partial charge in [-0.3, -0.25) is 9.36 Å². The van der Waals surface area contributed by atoms with E-state index in [-0.39, 0.29) is 30.2 Å². The van der Waals surface area contributed by atoms with Gasteiger partial charge in [0.2, 0.25) is 0 Å². The molecule has 0 N–H and O–H groups in total. The number of nitrogens with zero attached hydrogens (tertiary/aromatic N) is 4. The van der Waals surface area contributed by atoms with Crippen molar-refractivity contribution in [2.24, 2.45) is 7.05 Å². The van der Waals surface area contributed by atoms with Crippen LogP contribution in [0.3, 0.4) is 0 Å². The molecule has 1 saturated heterocycles. The first-order valence-corrected chi connectivity index (χ1v) is 9.61. The minimum absolute atomic E-state index is 0.0242. The van der Waals surface area contributed by atoms with Gasteiger partial charge in [0, 0.05) is 32.1 Å². The highest BCUT2D eigenvalue weighted by Crippen LogP contribution is 2.28. The molecule has 0 spiro atoms. The van der Waals surface area contributed by atoms with E-state index in [2.05, 4.69) is 5.10 Å². The van der Waals surface area contributed by atoms with Gasteiger partial charge in [-0.25, -0.2) is 9.48 Å². The van der Waals surface area contributed by atoms with Crippen LogP contribution in [-0.2, 0) is 11.8 Å². The fourth-order valence-corrected chi connectivity index (χ4v) is 3.65. The normalized spacial score (nSPS) is 17.0. The van der Waals surface area contributed by atoms with Gasteiger partial charge < -0.3 is 14.4 Å². The van der Waals surface area contributed by atoms with Gasteiger partial charge in [0.25, 0.3) is 5.91 Å². The molecule has 0 aliphatic carbocycles. The minimum Gasteiger partial charge on any atom is -0.493 e. The molecule has 3 rings (SSSR count). The topological polar surface area (TPSA) is 78.6 Å². The van der Waals surface area contributed by atoms with Crippen LogP contribution in [-0.4, -0.2) is 52.0 Å². The molecule has 0 radical (unpaired) electrons. The molecule has 1 aromatic carbocycles. The van der Waals surface area contributed by atoms with Crippen molar-refractivity contribution in [3.05, 3.63) is 40.6 Å². The highest BCUT2D eigenvalue weighted by molar-refractivity contribution is 5.78. The van der Waals surface area contributed by atoms with E-state index >= 15 is 0 Å². The number of carbonyl (C=O) groups is 1. The van der Waals surface area contributed by atoms with Gasteiger partial charge in [-0.05, 0) is 38.8 Å². The molecule has 0 bridgehead atoms. The largest absolute Gasteiger partial charge is 0.493 e. The van der Waals surface area contributed by atoms with E-state index < -0.39 is 0 Å². The number of hydrogen-bond acceptors (Lipinski definition) is 5. The molecular formula is C20H28N4O4. The van der Waals surface area contributed by atoms with Crippen molar-refractivity contribution in [3.8, 4) is 11.5 Å². The van der Waals surface area contributed by atoms with Gasteiger partial charge in [0.1, 0.15) is 5.82 Å². The maximum atomic E-state index is 12.7. The Morgan fingerprint density at radius 3 is 2.68 bits per heavy atom. The third-order valence-corrected chi connectivity index (χ3v) is 5.06. The van der Waals surface area contributed by atoms with Crippen LogP contribution in [0.2, 0.25) is 0 Å². The van der Waals surface area contributed by atoms with Crippen LogP contribution in [0.5, 0.6) is 11.5 Å². The van der Waals surface area contributed by atoms with E-state index in [1.54, 1.807) is 35.8 Å². The molecule has 1 aromatic heterocycles. The van der Waals surface area contributed by atoms with Crippen molar-refractivity contribution in [2.75, 3.05) is 26.8 Å². The predicted molar refractivity (Wildman–Crippen MR) is 105 cm³/mol. The Kier molecular flexibility index (Phi) is 6.06. The lowest BCUT2D eigenvalue weighted by molar-refractivity contribution is -0.134. The van der Waals surface area contributed by atoms with Gasteiger partial charge in [-0.2, -0.15) is 5.10 Å². The monoisotopic (exact) mass is 388 g/mol. The van der Waals surface area contributed by atoms with Crippen LogP contribution in [0.1, 0.15) is 44.5 Å². The number of para-hydroxylation sites is 2. The first-order chi connectivity index (χ1) is 13.4. The maximum Gasteiger partial charge on any atom is 0.345 e. The highest BCUT2D eigenvalue weighted by Gasteiger charge is 2.30. The van der Waals surface area contributed by atoms with Crippen molar-refractivity contribution >= 4 is 5.91 Å². The summed E-state index contributed by atoms with van der Waals surface area (Å²) in [4.78, 5) is 26.9. The number of aromatic nitrogens is 3. The summed E-state index contributed by atoms with van der Waals surface area (Å²) in [5.41, 5.74) is -0.118. The van der Waals surface area contributed by atoms with Crippen LogP contribution in [0, 0.1) is 0 Å². The SMILES string of the molecule is COc1ccccc1OCC(=O)N1CCCC(c2nn(C)c(=O)n2C(C)C)C1. The molecular weight excluding hydrogens is 360 g/mol. The molecule has 1 amide bonds. The maximum absolute atomic E-state index is 12.7. The summed E-state index contributed by atoms with van der Waals surface area (Å²) < 4.78 is 14.0. The predicted octanol–water partition coefficient (Wildman–Crippen LogP) is 1.96. The third kappa shape index (κ3) is 4.05. The van der Waals surface area contributed by atoms with Crippen molar-refractivity contribution in [1.82, 2.24) is 19.2 Å². The molecule has 1 unspecified atom stereocenters. The van der Waals surface area contributed by atoms with E-state index in [9.17, 15) is 9.59 Å².